The van der Waals surface area contributed by atoms with E-state index < -0.39 is 5.91 Å². The Labute approximate surface area is 202 Å². The molecule has 0 unspecified atom stereocenters. The van der Waals surface area contributed by atoms with Crippen LogP contribution in [0, 0.1) is 17.2 Å². The number of nitrogens with zero attached hydrogens (tertiary/aromatic N) is 8. The number of hydrogen-bond donors (Lipinski definition) is 2. The lowest BCUT2D eigenvalue weighted by Gasteiger charge is -2.20. The molecule has 11 heteroatoms. The van der Waals surface area contributed by atoms with Gasteiger partial charge in [0.2, 0.25) is 0 Å². The molecule has 0 saturated carbocycles. The molecule has 0 spiro atoms. The van der Waals surface area contributed by atoms with Crippen LogP contribution < -0.4 is 16.0 Å². The number of nitriles is 1. The molecule has 5 rings (SSSR count). The minimum absolute atomic E-state index is 0.0178. The van der Waals surface area contributed by atoms with E-state index in [-0.39, 0.29) is 12.0 Å². The van der Waals surface area contributed by atoms with Gasteiger partial charge in [-0.2, -0.15) is 15.5 Å². The Bertz CT molecular complexity index is 1410. The third-order valence-corrected chi connectivity index (χ3v) is 6.28. The van der Waals surface area contributed by atoms with Crippen molar-refractivity contribution in [1.29, 1.82) is 5.26 Å². The highest BCUT2D eigenvalue weighted by molar-refractivity contribution is 6.01. The van der Waals surface area contributed by atoms with Crippen LogP contribution in [0.4, 0.5) is 11.5 Å². The van der Waals surface area contributed by atoms with E-state index in [1.807, 2.05) is 23.1 Å². The Morgan fingerprint density at radius 1 is 1.23 bits per heavy atom. The van der Waals surface area contributed by atoms with Crippen molar-refractivity contribution in [3.63, 3.8) is 0 Å². The maximum Gasteiger partial charge on any atom is 0.252 e. The van der Waals surface area contributed by atoms with Crippen molar-refractivity contribution in [2.24, 2.45) is 11.7 Å². The van der Waals surface area contributed by atoms with Crippen LogP contribution in [0.25, 0.3) is 16.9 Å². The molecule has 4 aromatic rings. The number of carbonyl (C=O) groups is 1. The zero-order chi connectivity index (χ0) is 24.5. The van der Waals surface area contributed by atoms with Crippen LogP contribution in [-0.2, 0) is 6.54 Å². The number of rotatable bonds is 7. The highest BCUT2D eigenvalue weighted by atomic mass is 16.1. The molecule has 1 fully saturated rings. The van der Waals surface area contributed by atoms with E-state index in [0.29, 0.717) is 34.7 Å². The number of fused-ring (bicyclic) bond motifs is 1. The largest absolute Gasteiger partial charge is 0.376 e. The summed E-state index contributed by atoms with van der Waals surface area (Å²) >= 11 is 0. The molecule has 1 saturated heterocycles. The number of primary amides is 1. The summed E-state index contributed by atoms with van der Waals surface area (Å²) in [5.41, 5.74) is 9.20. The monoisotopic (exact) mass is 470 g/mol. The van der Waals surface area contributed by atoms with Gasteiger partial charge in [0.05, 0.1) is 41.1 Å². The van der Waals surface area contributed by atoms with Gasteiger partial charge in [-0.25, -0.2) is 14.5 Å². The molecule has 4 aromatic heterocycles. The molecule has 3 N–H and O–H groups in total. The average molecular weight is 471 g/mol. The van der Waals surface area contributed by atoms with Crippen LogP contribution in [0.3, 0.4) is 0 Å². The van der Waals surface area contributed by atoms with Crippen LogP contribution in [0.2, 0.25) is 0 Å². The summed E-state index contributed by atoms with van der Waals surface area (Å²) < 4.78 is 3.54. The van der Waals surface area contributed by atoms with E-state index in [4.69, 9.17) is 16.0 Å². The second-order valence-electron chi connectivity index (χ2n) is 8.83. The topological polar surface area (TPSA) is 143 Å². The standard InChI is InChI=1S/C24H26N10O/c1-3-6-33-12-17(9-28-33)20-14-34-24(31-20)22(18(10-29-34)23(26)35)30-19-13-32(11-15(19)2)21-5-4-16(7-25)8-27-21/h4-5,8-10,12,14-15,19,30H,3,6,11,13H2,1-2H3,(H2,26,35)/t15-,19+/m0/s1. The maximum absolute atomic E-state index is 12.3. The van der Waals surface area contributed by atoms with E-state index >= 15 is 0 Å². The number of aryl methyl sites for hydroxylation is 1. The summed E-state index contributed by atoms with van der Waals surface area (Å²) in [5.74, 6) is 0.490. The molecule has 1 amide bonds. The fourth-order valence-corrected chi connectivity index (χ4v) is 4.42. The molecule has 11 nitrogen and oxygen atoms in total. The summed E-state index contributed by atoms with van der Waals surface area (Å²) in [7, 11) is 0. The number of hydrogen-bond acceptors (Lipinski definition) is 8. The Balaban J connectivity index is 1.46. The van der Waals surface area contributed by atoms with Crippen molar-refractivity contribution in [2.75, 3.05) is 23.3 Å². The van der Waals surface area contributed by atoms with Crippen molar-refractivity contribution >= 4 is 23.1 Å². The van der Waals surface area contributed by atoms with Gasteiger partial charge in [0, 0.05) is 43.6 Å². The quantitative estimate of drug-likeness (QED) is 0.419. The smallest absolute Gasteiger partial charge is 0.252 e. The second kappa shape index (κ2) is 9.06. The molecule has 35 heavy (non-hydrogen) atoms. The van der Waals surface area contributed by atoms with Gasteiger partial charge in [-0.1, -0.05) is 13.8 Å². The van der Waals surface area contributed by atoms with Gasteiger partial charge < -0.3 is 16.0 Å². The number of carbonyl (C=O) groups excluding carboxylic acids is 1. The molecule has 2 atom stereocenters. The number of pyridine rings is 1. The molecular weight excluding hydrogens is 444 g/mol. The van der Waals surface area contributed by atoms with Crippen molar-refractivity contribution in [2.45, 2.75) is 32.9 Å². The lowest BCUT2D eigenvalue weighted by atomic mass is 10.1. The summed E-state index contributed by atoms with van der Waals surface area (Å²) in [4.78, 5) is 23.6. The zero-order valence-corrected chi connectivity index (χ0v) is 19.6. The predicted molar refractivity (Wildman–Crippen MR) is 131 cm³/mol. The summed E-state index contributed by atoms with van der Waals surface area (Å²) in [6, 6.07) is 5.73. The number of anilines is 2. The van der Waals surface area contributed by atoms with Crippen molar-refractivity contribution < 1.29 is 4.79 Å². The van der Waals surface area contributed by atoms with Gasteiger partial charge in [0.15, 0.2) is 5.65 Å². The molecular formula is C24H26N10O. The predicted octanol–water partition coefficient (Wildman–Crippen LogP) is 2.31. The Morgan fingerprint density at radius 2 is 2.09 bits per heavy atom. The lowest BCUT2D eigenvalue weighted by Crippen LogP contribution is -2.30. The molecule has 0 bridgehead atoms. The van der Waals surface area contributed by atoms with Gasteiger partial charge in [-0.05, 0) is 24.5 Å². The van der Waals surface area contributed by atoms with Crippen molar-refractivity contribution in [3.05, 3.63) is 54.2 Å². The zero-order valence-electron chi connectivity index (χ0n) is 19.6. The van der Waals surface area contributed by atoms with Gasteiger partial charge in [-0.15, -0.1) is 0 Å². The Hall–Kier alpha value is -4.46. The van der Waals surface area contributed by atoms with E-state index in [0.717, 1.165) is 30.9 Å². The van der Waals surface area contributed by atoms with Crippen molar-refractivity contribution in [3.8, 4) is 17.3 Å². The number of imidazole rings is 1. The first-order valence-electron chi connectivity index (χ1n) is 11.6. The lowest BCUT2D eigenvalue weighted by molar-refractivity contribution is 0.100. The number of nitrogens with one attached hydrogen (secondary N) is 1. The molecule has 1 aliphatic rings. The minimum Gasteiger partial charge on any atom is -0.376 e. The summed E-state index contributed by atoms with van der Waals surface area (Å²) in [5, 5.41) is 21.3. The SMILES string of the molecule is CCCn1cc(-c2cn3ncc(C(N)=O)c(N[C@@H]4CN(c5ccc(C#N)cn5)C[C@@H]4C)c3n2)cn1. The Kier molecular flexibility index (Phi) is 5.78. The fraction of sp³-hybridized carbons (Fsp3) is 0.333. The maximum atomic E-state index is 12.3. The first-order chi connectivity index (χ1) is 17.0. The summed E-state index contributed by atoms with van der Waals surface area (Å²) in [6.45, 7) is 6.52. The number of nitrogens with two attached hydrogens (primary N) is 1. The highest BCUT2D eigenvalue weighted by Crippen LogP contribution is 2.30. The van der Waals surface area contributed by atoms with E-state index in [9.17, 15) is 4.79 Å². The third kappa shape index (κ3) is 4.26. The molecule has 0 aromatic carbocycles. The first kappa shape index (κ1) is 22.3. The van der Waals surface area contributed by atoms with Crippen LogP contribution >= 0.6 is 0 Å². The molecule has 1 aliphatic heterocycles. The van der Waals surface area contributed by atoms with Gasteiger partial charge >= 0.3 is 0 Å². The van der Waals surface area contributed by atoms with Crippen LogP contribution in [0.5, 0.6) is 0 Å². The molecule has 0 aliphatic carbocycles. The first-order valence-corrected chi connectivity index (χ1v) is 11.6. The number of aromatic nitrogens is 6. The molecule has 0 radical (unpaired) electrons. The average Bonchev–Trinajstić information content (AvgIpc) is 3.58. The van der Waals surface area contributed by atoms with Crippen LogP contribution in [0.15, 0.2) is 43.1 Å². The summed E-state index contributed by atoms with van der Waals surface area (Å²) in [6.07, 6.45) is 9.59. The highest BCUT2D eigenvalue weighted by Gasteiger charge is 2.32. The van der Waals surface area contributed by atoms with Crippen molar-refractivity contribution in [1.82, 2.24) is 29.4 Å². The van der Waals surface area contributed by atoms with E-state index in [1.54, 1.807) is 23.0 Å². The van der Waals surface area contributed by atoms with Crippen LogP contribution in [-0.4, -0.2) is 54.4 Å². The fourth-order valence-electron chi connectivity index (χ4n) is 4.42. The van der Waals surface area contributed by atoms with Gasteiger partial charge in [-0.3, -0.25) is 9.48 Å². The number of amides is 1. The second-order valence-corrected chi connectivity index (χ2v) is 8.83. The normalized spacial score (nSPS) is 17.6. The van der Waals surface area contributed by atoms with E-state index in [1.165, 1.54) is 6.20 Å². The Morgan fingerprint density at radius 3 is 2.80 bits per heavy atom. The minimum atomic E-state index is -0.570. The van der Waals surface area contributed by atoms with E-state index in [2.05, 4.69) is 45.3 Å². The third-order valence-electron chi connectivity index (χ3n) is 6.28. The van der Waals surface area contributed by atoms with Gasteiger partial charge in [0.25, 0.3) is 5.91 Å². The van der Waals surface area contributed by atoms with Gasteiger partial charge in [0.1, 0.15) is 11.9 Å². The molecule has 178 valence electrons. The molecule has 5 heterocycles. The van der Waals surface area contributed by atoms with Crippen LogP contribution in [0.1, 0.15) is 36.2 Å².